The van der Waals surface area contributed by atoms with Crippen molar-refractivity contribution >= 4 is 48.9 Å². The van der Waals surface area contributed by atoms with Gasteiger partial charge in [0, 0.05) is 31.2 Å². The zero-order valence-electron chi connectivity index (χ0n) is 12.4. The van der Waals surface area contributed by atoms with Gasteiger partial charge in [0.25, 0.3) is 10.0 Å². The highest BCUT2D eigenvalue weighted by molar-refractivity contribution is 7.91. The first kappa shape index (κ1) is 15.8. The Morgan fingerprint density at radius 2 is 1.96 bits per heavy atom. The molecular weight excluding hydrogens is 368 g/mol. The molecule has 6 nitrogen and oxygen atoms in total. The SMILES string of the molecule is O=S(=O)(NC1CN(c2ccncc2)C1)c1cc2nc(Cl)ccc2s1. The lowest BCUT2D eigenvalue weighted by Crippen LogP contribution is -2.59. The maximum atomic E-state index is 12.5. The topological polar surface area (TPSA) is 75.2 Å². The third-order valence-electron chi connectivity index (χ3n) is 3.81. The summed E-state index contributed by atoms with van der Waals surface area (Å²) in [5.41, 5.74) is 1.64. The molecule has 0 unspecified atom stereocenters. The molecular formula is C15H13ClN4O2S2. The standard InChI is InChI=1S/C15H13ClN4O2S2/c16-14-2-1-13-12(18-14)7-15(23-13)24(21,22)19-10-8-20(9-10)11-3-5-17-6-4-11/h1-7,10,19H,8-9H2. The number of fused-ring (bicyclic) bond motifs is 1. The van der Waals surface area contributed by atoms with Crippen molar-refractivity contribution in [3.05, 3.63) is 47.9 Å². The van der Waals surface area contributed by atoms with Crippen LogP contribution in [0.4, 0.5) is 5.69 Å². The highest BCUT2D eigenvalue weighted by atomic mass is 35.5. The van der Waals surface area contributed by atoms with Crippen LogP contribution in [0.5, 0.6) is 0 Å². The monoisotopic (exact) mass is 380 g/mol. The first-order valence-electron chi connectivity index (χ1n) is 7.25. The number of nitrogens with zero attached hydrogens (tertiary/aromatic N) is 3. The van der Waals surface area contributed by atoms with Crippen molar-refractivity contribution in [2.24, 2.45) is 0 Å². The Bertz CT molecular complexity index is 985. The van der Waals surface area contributed by atoms with E-state index in [1.54, 1.807) is 30.6 Å². The molecule has 9 heteroatoms. The van der Waals surface area contributed by atoms with Crippen molar-refractivity contribution in [1.82, 2.24) is 14.7 Å². The number of pyridine rings is 2. The van der Waals surface area contributed by atoms with Gasteiger partial charge in [0.2, 0.25) is 0 Å². The zero-order valence-corrected chi connectivity index (χ0v) is 14.8. The number of thiophene rings is 1. The number of aromatic nitrogens is 2. The molecule has 0 spiro atoms. The van der Waals surface area contributed by atoms with Gasteiger partial charge in [-0.25, -0.2) is 18.1 Å². The average Bonchev–Trinajstić information content (AvgIpc) is 2.95. The third kappa shape index (κ3) is 2.98. The van der Waals surface area contributed by atoms with Crippen molar-refractivity contribution < 1.29 is 8.42 Å². The molecule has 0 amide bonds. The molecule has 1 fully saturated rings. The number of sulfonamides is 1. The first-order valence-corrected chi connectivity index (χ1v) is 9.92. The molecule has 0 aromatic carbocycles. The normalized spacial score (nSPS) is 15.6. The summed E-state index contributed by atoms with van der Waals surface area (Å²) in [4.78, 5) is 10.2. The molecule has 3 aromatic rings. The Kier molecular flexibility index (Phi) is 3.92. The molecule has 0 radical (unpaired) electrons. The van der Waals surface area contributed by atoms with E-state index in [-0.39, 0.29) is 10.3 Å². The third-order valence-corrected chi connectivity index (χ3v) is 7.11. The Labute approximate surface area is 148 Å². The van der Waals surface area contributed by atoms with E-state index in [1.165, 1.54) is 11.3 Å². The van der Waals surface area contributed by atoms with E-state index < -0.39 is 10.0 Å². The van der Waals surface area contributed by atoms with E-state index in [0.717, 1.165) is 10.4 Å². The van der Waals surface area contributed by atoms with Crippen LogP contribution in [0.1, 0.15) is 0 Å². The van der Waals surface area contributed by atoms with Gasteiger partial charge in [-0.3, -0.25) is 4.98 Å². The van der Waals surface area contributed by atoms with E-state index in [1.807, 2.05) is 12.1 Å². The van der Waals surface area contributed by atoms with Crippen molar-refractivity contribution in [2.75, 3.05) is 18.0 Å². The van der Waals surface area contributed by atoms with Gasteiger partial charge in [-0.05, 0) is 30.3 Å². The van der Waals surface area contributed by atoms with Crippen molar-refractivity contribution in [1.29, 1.82) is 0 Å². The predicted octanol–water partition coefficient (Wildman–Crippen LogP) is 2.51. The summed E-state index contributed by atoms with van der Waals surface area (Å²) in [6, 6.07) is 8.71. The van der Waals surface area contributed by atoms with Crippen LogP contribution in [-0.2, 0) is 10.0 Å². The van der Waals surface area contributed by atoms with Gasteiger partial charge >= 0.3 is 0 Å². The molecule has 0 atom stereocenters. The fourth-order valence-corrected chi connectivity index (χ4v) is 5.32. The molecule has 24 heavy (non-hydrogen) atoms. The molecule has 0 aliphatic carbocycles. The van der Waals surface area contributed by atoms with Crippen LogP contribution < -0.4 is 9.62 Å². The summed E-state index contributed by atoms with van der Waals surface area (Å²) < 4.78 is 28.9. The predicted molar refractivity (Wildman–Crippen MR) is 95.2 cm³/mol. The Morgan fingerprint density at radius 1 is 1.21 bits per heavy atom. The number of hydrogen-bond acceptors (Lipinski definition) is 6. The minimum Gasteiger partial charge on any atom is -0.368 e. The lowest BCUT2D eigenvalue weighted by atomic mass is 10.1. The molecule has 4 heterocycles. The average molecular weight is 381 g/mol. The van der Waals surface area contributed by atoms with Crippen LogP contribution in [0.15, 0.2) is 46.9 Å². The fraction of sp³-hybridized carbons (Fsp3) is 0.200. The summed E-state index contributed by atoms with van der Waals surface area (Å²) in [6.07, 6.45) is 3.45. The largest absolute Gasteiger partial charge is 0.368 e. The van der Waals surface area contributed by atoms with Gasteiger partial charge in [0.15, 0.2) is 0 Å². The number of anilines is 1. The first-order chi connectivity index (χ1) is 11.5. The van der Waals surface area contributed by atoms with Crippen LogP contribution in [0.25, 0.3) is 10.2 Å². The van der Waals surface area contributed by atoms with Gasteiger partial charge in [0.05, 0.1) is 16.3 Å². The van der Waals surface area contributed by atoms with E-state index in [4.69, 9.17) is 11.6 Å². The van der Waals surface area contributed by atoms with Crippen molar-refractivity contribution in [3.8, 4) is 0 Å². The number of rotatable bonds is 4. The second-order valence-corrected chi connectivity index (χ2v) is 8.92. The van der Waals surface area contributed by atoms with E-state index in [2.05, 4.69) is 19.6 Å². The van der Waals surface area contributed by atoms with Gasteiger partial charge in [-0.15, -0.1) is 11.3 Å². The van der Waals surface area contributed by atoms with Crippen LogP contribution >= 0.6 is 22.9 Å². The molecule has 0 saturated carbocycles. The summed E-state index contributed by atoms with van der Waals surface area (Å²) >= 11 is 7.04. The van der Waals surface area contributed by atoms with Crippen LogP contribution in [0.2, 0.25) is 5.15 Å². The second-order valence-electron chi connectivity index (χ2n) is 5.51. The van der Waals surface area contributed by atoms with E-state index in [9.17, 15) is 8.42 Å². The van der Waals surface area contributed by atoms with Gasteiger partial charge in [-0.2, -0.15) is 0 Å². The van der Waals surface area contributed by atoms with Gasteiger partial charge in [-0.1, -0.05) is 11.6 Å². The maximum Gasteiger partial charge on any atom is 0.250 e. The molecule has 3 aromatic heterocycles. The molecule has 0 bridgehead atoms. The van der Waals surface area contributed by atoms with Crippen LogP contribution in [0, 0.1) is 0 Å². The summed E-state index contributed by atoms with van der Waals surface area (Å²) in [5, 5.41) is 0.351. The Balaban J connectivity index is 1.48. The van der Waals surface area contributed by atoms with Gasteiger partial charge in [0.1, 0.15) is 9.36 Å². The molecule has 124 valence electrons. The molecule has 1 saturated heterocycles. The second kappa shape index (κ2) is 5.96. The molecule has 4 rings (SSSR count). The van der Waals surface area contributed by atoms with Crippen molar-refractivity contribution in [2.45, 2.75) is 10.3 Å². The summed E-state index contributed by atoms with van der Waals surface area (Å²) in [6.45, 7) is 1.27. The van der Waals surface area contributed by atoms with Crippen molar-refractivity contribution in [3.63, 3.8) is 0 Å². The molecule has 1 aliphatic heterocycles. The lowest BCUT2D eigenvalue weighted by molar-refractivity contribution is 0.470. The van der Waals surface area contributed by atoms with E-state index in [0.29, 0.717) is 23.8 Å². The molecule has 1 N–H and O–H groups in total. The summed E-state index contributed by atoms with van der Waals surface area (Å²) in [7, 11) is -3.55. The summed E-state index contributed by atoms with van der Waals surface area (Å²) in [5.74, 6) is 0. The number of nitrogens with one attached hydrogen (secondary N) is 1. The fourth-order valence-electron chi connectivity index (χ4n) is 2.61. The molecule has 1 aliphatic rings. The lowest BCUT2D eigenvalue weighted by Gasteiger charge is -2.40. The maximum absolute atomic E-state index is 12.5. The van der Waals surface area contributed by atoms with Crippen LogP contribution in [0.3, 0.4) is 0 Å². The Morgan fingerprint density at radius 3 is 2.71 bits per heavy atom. The number of hydrogen-bond donors (Lipinski definition) is 1. The van der Waals surface area contributed by atoms with Crippen LogP contribution in [-0.4, -0.2) is 37.5 Å². The highest BCUT2D eigenvalue weighted by Gasteiger charge is 2.31. The number of halogens is 1. The minimum atomic E-state index is -3.55. The Hall–Kier alpha value is -1.74. The highest BCUT2D eigenvalue weighted by Crippen LogP contribution is 2.29. The smallest absolute Gasteiger partial charge is 0.250 e. The zero-order chi connectivity index (χ0) is 16.7. The minimum absolute atomic E-state index is 0.107. The van der Waals surface area contributed by atoms with Gasteiger partial charge < -0.3 is 4.90 Å². The van der Waals surface area contributed by atoms with E-state index >= 15 is 0 Å². The quantitative estimate of drug-likeness (QED) is 0.704.